The molecule has 0 fully saturated rings. The summed E-state index contributed by atoms with van der Waals surface area (Å²) in [6, 6.07) is 5.65. The number of nitrogens with one attached hydrogen (secondary N) is 2. The van der Waals surface area contributed by atoms with E-state index in [2.05, 4.69) is 31.7 Å². The van der Waals surface area contributed by atoms with Gasteiger partial charge in [0.2, 0.25) is 0 Å². The molecule has 0 saturated carbocycles. The lowest BCUT2D eigenvalue weighted by Gasteiger charge is -2.27. The number of halogens is 7. The van der Waals surface area contributed by atoms with E-state index in [9.17, 15) is 36.6 Å². The van der Waals surface area contributed by atoms with Gasteiger partial charge in [0, 0.05) is 34.1 Å². The minimum absolute atomic E-state index is 0.0958. The van der Waals surface area contributed by atoms with Crippen LogP contribution in [0.2, 0.25) is 5.02 Å². The van der Waals surface area contributed by atoms with Crippen LogP contribution in [0.1, 0.15) is 37.4 Å². The molecule has 0 bridgehead atoms. The summed E-state index contributed by atoms with van der Waals surface area (Å²) in [5.41, 5.74) is -5.46. The van der Waals surface area contributed by atoms with E-state index in [0.717, 1.165) is 18.2 Å². The molecule has 14 heteroatoms. The molecule has 1 aliphatic heterocycles. The third-order valence-electron chi connectivity index (χ3n) is 5.99. The lowest BCUT2D eigenvalue weighted by Crippen LogP contribution is -2.41. The van der Waals surface area contributed by atoms with Crippen LogP contribution in [0.3, 0.4) is 0 Å². The third-order valence-corrected chi connectivity index (χ3v) is 7.26. The number of carbonyl (C=O) groups is 2. The van der Waals surface area contributed by atoms with Crippen molar-refractivity contribution >= 4 is 55.9 Å². The van der Waals surface area contributed by atoms with Crippen LogP contribution in [-0.4, -0.2) is 26.7 Å². The number of alkyl halides is 3. The highest BCUT2D eigenvalue weighted by atomic mass is 79.9. The van der Waals surface area contributed by atoms with Crippen molar-refractivity contribution in [3.8, 4) is 0 Å². The Kier molecular flexibility index (Phi) is 6.00. The first-order valence-corrected chi connectivity index (χ1v) is 11.8. The van der Waals surface area contributed by atoms with Gasteiger partial charge in [0.05, 0.1) is 16.8 Å². The number of aliphatic hydroxyl groups is 1. The number of rotatable bonds is 3. The summed E-state index contributed by atoms with van der Waals surface area (Å²) in [5, 5.41) is 20.8. The van der Waals surface area contributed by atoms with Gasteiger partial charge in [-0.05, 0) is 58.4 Å². The Morgan fingerprint density at radius 3 is 2.55 bits per heavy atom. The first-order chi connectivity index (χ1) is 17.7. The molecule has 1 aromatic heterocycles. The topological polar surface area (TPSA) is 96.2 Å². The van der Waals surface area contributed by atoms with Crippen molar-refractivity contribution in [2.75, 3.05) is 5.32 Å². The van der Waals surface area contributed by atoms with Crippen LogP contribution in [-0.2, 0) is 18.9 Å². The molecule has 2 heterocycles. The molecule has 1 unspecified atom stereocenters. The quantitative estimate of drug-likeness (QED) is 0.266. The van der Waals surface area contributed by atoms with Crippen molar-refractivity contribution in [1.29, 1.82) is 0 Å². The molecule has 5 rings (SSSR count). The number of amides is 2. The summed E-state index contributed by atoms with van der Waals surface area (Å²) < 4.78 is 69.5. The van der Waals surface area contributed by atoms with Gasteiger partial charge < -0.3 is 15.7 Å². The molecule has 7 nitrogen and oxygen atoms in total. The van der Waals surface area contributed by atoms with Crippen LogP contribution < -0.4 is 10.6 Å². The maximum Gasteiger partial charge on any atom is 0.416 e. The first-order valence-electron chi connectivity index (χ1n) is 10.6. The maximum absolute atomic E-state index is 14.2. The normalized spacial score (nSPS) is 17.0. The van der Waals surface area contributed by atoms with E-state index in [4.69, 9.17) is 11.6 Å². The number of aromatic nitrogens is 2. The third kappa shape index (κ3) is 4.10. The van der Waals surface area contributed by atoms with Gasteiger partial charge in [0.25, 0.3) is 11.8 Å². The number of nitrogens with zero attached hydrogens (tertiary/aromatic N) is 2. The highest BCUT2D eigenvalue weighted by molar-refractivity contribution is 9.10. The molecule has 3 aromatic carbocycles. The summed E-state index contributed by atoms with van der Waals surface area (Å²) in [7, 11) is 1.54. The van der Waals surface area contributed by atoms with Crippen molar-refractivity contribution in [3.05, 3.63) is 91.5 Å². The number of anilines is 1. The number of carbonyl (C=O) groups excluding carboxylic acids is 2. The smallest absolute Gasteiger partial charge is 0.363 e. The molecular weight excluding hydrogens is 603 g/mol. The molecule has 1 atom stereocenters. The van der Waals surface area contributed by atoms with Crippen LogP contribution >= 0.6 is 27.5 Å². The van der Waals surface area contributed by atoms with Gasteiger partial charge in [-0.3, -0.25) is 14.3 Å². The molecule has 1 aliphatic rings. The molecule has 0 aliphatic carbocycles. The molecular formula is C24H13BrClF5N4O3. The Morgan fingerprint density at radius 2 is 1.87 bits per heavy atom. The fourth-order valence-corrected chi connectivity index (χ4v) is 4.98. The van der Waals surface area contributed by atoms with Crippen LogP contribution in [0, 0.1) is 11.6 Å². The number of benzene rings is 3. The van der Waals surface area contributed by atoms with E-state index >= 15 is 0 Å². The second-order valence-electron chi connectivity index (χ2n) is 8.45. The molecule has 0 spiro atoms. The Morgan fingerprint density at radius 1 is 1.16 bits per heavy atom. The predicted molar refractivity (Wildman–Crippen MR) is 130 cm³/mol. The number of hydrogen-bond donors (Lipinski definition) is 3. The maximum atomic E-state index is 14.2. The number of hydrogen-bond acceptors (Lipinski definition) is 4. The minimum atomic E-state index is -4.93. The van der Waals surface area contributed by atoms with Crippen molar-refractivity contribution in [2.24, 2.45) is 7.05 Å². The van der Waals surface area contributed by atoms with Crippen molar-refractivity contribution in [1.82, 2.24) is 15.1 Å². The van der Waals surface area contributed by atoms with E-state index in [-0.39, 0.29) is 39.0 Å². The van der Waals surface area contributed by atoms with Crippen LogP contribution in [0.4, 0.5) is 27.6 Å². The van der Waals surface area contributed by atoms with E-state index in [0.29, 0.717) is 22.1 Å². The largest absolute Gasteiger partial charge is 0.416 e. The zero-order valence-corrected chi connectivity index (χ0v) is 21.2. The van der Waals surface area contributed by atoms with Crippen molar-refractivity contribution in [2.45, 2.75) is 11.9 Å². The lowest BCUT2D eigenvalue weighted by molar-refractivity contribution is -0.137. The van der Waals surface area contributed by atoms with E-state index < -0.39 is 46.5 Å². The highest BCUT2D eigenvalue weighted by Crippen LogP contribution is 2.46. The fourth-order valence-electron chi connectivity index (χ4n) is 4.34. The number of aryl methyl sites for hydroxylation is 1. The number of fused-ring (bicyclic) bond motifs is 3. The molecule has 3 N–H and O–H groups in total. The van der Waals surface area contributed by atoms with Gasteiger partial charge in [-0.15, -0.1) is 0 Å². The van der Waals surface area contributed by atoms with Crippen molar-refractivity contribution in [3.63, 3.8) is 0 Å². The zero-order valence-electron chi connectivity index (χ0n) is 18.8. The minimum Gasteiger partial charge on any atom is -0.363 e. The van der Waals surface area contributed by atoms with Gasteiger partial charge in [-0.2, -0.15) is 18.3 Å². The summed E-state index contributed by atoms with van der Waals surface area (Å²) in [5.74, 6) is -4.13. The predicted octanol–water partition coefficient (Wildman–Crippen LogP) is 5.48. The van der Waals surface area contributed by atoms with Crippen molar-refractivity contribution < 1.29 is 36.6 Å². The zero-order chi connectivity index (χ0) is 27.7. The molecule has 4 aromatic rings. The van der Waals surface area contributed by atoms with E-state index in [1.54, 1.807) is 7.05 Å². The van der Waals surface area contributed by atoms with Crippen LogP contribution in [0.25, 0.3) is 10.9 Å². The Balaban J connectivity index is 1.74. The molecule has 0 saturated heterocycles. The average molecular weight is 616 g/mol. The van der Waals surface area contributed by atoms with Crippen LogP contribution in [0.15, 0.2) is 47.1 Å². The Labute approximate surface area is 223 Å². The molecule has 38 heavy (non-hydrogen) atoms. The lowest BCUT2D eigenvalue weighted by atomic mass is 9.91. The van der Waals surface area contributed by atoms with Gasteiger partial charge in [-0.1, -0.05) is 11.6 Å². The second kappa shape index (κ2) is 8.75. The fraction of sp³-hybridized carbons (Fsp3) is 0.125. The van der Waals surface area contributed by atoms with Gasteiger partial charge in [-0.25, -0.2) is 8.78 Å². The SMILES string of the molecule is Cn1nc2c3c(c(NC(=O)c4cc(F)cc(C(F)(F)F)c4)cc2c1Br)C(O)(c1cc(F)ccc1Cl)NC3=O. The van der Waals surface area contributed by atoms with Gasteiger partial charge in [0.15, 0.2) is 5.72 Å². The van der Waals surface area contributed by atoms with Gasteiger partial charge >= 0.3 is 6.18 Å². The molecule has 0 radical (unpaired) electrons. The molecule has 196 valence electrons. The summed E-state index contributed by atoms with van der Waals surface area (Å²) in [6.07, 6.45) is -4.93. The standard InChI is InChI=1S/C24H13BrClF5N4O3/c1-35-20(25)13-8-16(32-21(36)9-4-10(24(29,30)31)6-12(28)5-9)18-17(19(13)34-35)22(37)33-23(18,38)14-7-11(27)2-3-15(14)26/h2-8,38H,1H3,(H,32,36)(H,33,37). The Bertz CT molecular complexity index is 1690. The van der Waals surface area contributed by atoms with E-state index in [1.165, 1.54) is 10.7 Å². The average Bonchev–Trinajstić information content (AvgIpc) is 3.27. The van der Waals surface area contributed by atoms with E-state index in [1.807, 2.05) is 0 Å². The second-order valence-corrected chi connectivity index (χ2v) is 9.61. The summed E-state index contributed by atoms with van der Waals surface area (Å²) in [6.45, 7) is 0. The molecule has 2 amide bonds. The highest BCUT2D eigenvalue weighted by Gasteiger charge is 2.48. The van der Waals surface area contributed by atoms with Gasteiger partial charge in [0.1, 0.15) is 21.8 Å². The van der Waals surface area contributed by atoms with Crippen LogP contribution in [0.5, 0.6) is 0 Å². The monoisotopic (exact) mass is 614 g/mol. The Hall–Kier alpha value is -3.55. The summed E-state index contributed by atoms with van der Waals surface area (Å²) >= 11 is 9.53. The first kappa shape index (κ1) is 26.1. The summed E-state index contributed by atoms with van der Waals surface area (Å²) in [4.78, 5) is 26.2.